The van der Waals surface area contributed by atoms with Crippen LogP contribution in [0.25, 0.3) is 0 Å². The monoisotopic (exact) mass is 221 g/mol. The lowest BCUT2D eigenvalue weighted by Crippen LogP contribution is -2.18. The lowest BCUT2D eigenvalue weighted by molar-refractivity contribution is 0.690. The maximum Gasteiger partial charge on any atom is 0.132 e. The van der Waals surface area contributed by atoms with Gasteiger partial charge in [-0.15, -0.1) is 0 Å². The van der Waals surface area contributed by atoms with E-state index in [1.165, 1.54) is 12.8 Å². The largest absolute Gasteiger partial charge is 0.367 e. The van der Waals surface area contributed by atoms with Crippen molar-refractivity contribution in [1.29, 1.82) is 5.26 Å². The molecule has 1 fully saturated rings. The Balaban J connectivity index is 2.13. The first kappa shape index (κ1) is 10.3. The minimum Gasteiger partial charge on any atom is -0.367 e. The molecule has 1 aliphatic rings. The second-order valence-electron chi connectivity index (χ2n) is 3.95. The molecule has 0 radical (unpaired) electrons. The third-order valence-corrected chi connectivity index (χ3v) is 2.82. The summed E-state index contributed by atoms with van der Waals surface area (Å²) in [6, 6.07) is 5.76. The van der Waals surface area contributed by atoms with Crippen LogP contribution >= 0.6 is 11.6 Å². The number of hydrogen-bond donors (Lipinski definition) is 1. The number of nitriles is 1. The molecule has 0 saturated heterocycles. The number of anilines is 1. The number of halogens is 1. The molecular formula is C11H12ClN3. The summed E-state index contributed by atoms with van der Waals surface area (Å²) >= 11 is 5.81. The minimum atomic E-state index is 0.361. The Bertz CT molecular complexity index is 407. The smallest absolute Gasteiger partial charge is 0.132 e. The zero-order valence-electron chi connectivity index (χ0n) is 8.50. The van der Waals surface area contributed by atoms with Crippen molar-refractivity contribution >= 4 is 17.4 Å². The summed E-state index contributed by atoms with van der Waals surface area (Å²) in [5.41, 5.74) is 0.542. The SMILES string of the molecule is CC(Nc1cc(C#N)cc(Cl)n1)C1CC1. The van der Waals surface area contributed by atoms with Crippen molar-refractivity contribution in [3.63, 3.8) is 0 Å². The molecule has 1 N–H and O–H groups in total. The van der Waals surface area contributed by atoms with Crippen LogP contribution in [0.1, 0.15) is 25.3 Å². The van der Waals surface area contributed by atoms with Crippen molar-refractivity contribution in [2.24, 2.45) is 5.92 Å². The first-order valence-electron chi connectivity index (χ1n) is 5.03. The molecule has 0 bridgehead atoms. The van der Waals surface area contributed by atoms with Gasteiger partial charge in [0.15, 0.2) is 0 Å². The van der Waals surface area contributed by atoms with E-state index in [1.807, 2.05) is 0 Å². The van der Waals surface area contributed by atoms with E-state index < -0.39 is 0 Å². The molecule has 1 aliphatic carbocycles. The molecule has 1 unspecified atom stereocenters. The van der Waals surface area contributed by atoms with Gasteiger partial charge in [0.25, 0.3) is 0 Å². The Labute approximate surface area is 94.1 Å². The third kappa shape index (κ3) is 2.60. The molecule has 1 atom stereocenters. The van der Waals surface area contributed by atoms with Crippen molar-refractivity contribution in [2.45, 2.75) is 25.8 Å². The van der Waals surface area contributed by atoms with Crippen molar-refractivity contribution in [3.8, 4) is 6.07 Å². The molecule has 0 spiro atoms. The zero-order valence-corrected chi connectivity index (χ0v) is 9.25. The number of nitrogens with one attached hydrogen (secondary N) is 1. The topological polar surface area (TPSA) is 48.7 Å². The molecule has 15 heavy (non-hydrogen) atoms. The van der Waals surface area contributed by atoms with Crippen LogP contribution in [0.2, 0.25) is 5.15 Å². The van der Waals surface area contributed by atoms with E-state index in [9.17, 15) is 0 Å². The maximum atomic E-state index is 8.78. The van der Waals surface area contributed by atoms with Gasteiger partial charge in [0, 0.05) is 6.04 Å². The van der Waals surface area contributed by atoms with E-state index in [0.717, 1.165) is 5.92 Å². The van der Waals surface area contributed by atoms with Gasteiger partial charge in [-0.1, -0.05) is 11.6 Å². The Morgan fingerprint density at radius 3 is 2.93 bits per heavy atom. The molecule has 0 aromatic carbocycles. The number of hydrogen-bond acceptors (Lipinski definition) is 3. The van der Waals surface area contributed by atoms with Gasteiger partial charge in [-0.2, -0.15) is 5.26 Å². The Morgan fingerprint density at radius 2 is 2.33 bits per heavy atom. The highest BCUT2D eigenvalue weighted by atomic mass is 35.5. The predicted octanol–water partition coefficient (Wildman–Crippen LogP) is 2.82. The van der Waals surface area contributed by atoms with Crippen molar-refractivity contribution in [2.75, 3.05) is 5.32 Å². The van der Waals surface area contributed by atoms with Gasteiger partial charge in [-0.05, 0) is 37.8 Å². The standard InChI is InChI=1S/C11H12ClN3/c1-7(9-2-3-9)14-11-5-8(6-13)4-10(12)15-11/h4-5,7,9H,2-3H2,1H3,(H,14,15). The van der Waals surface area contributed by atoms with Crippen LogP contribution in [0.3, 0.4) is 0 Å². The highest BCUT2D eigenvalue weighted by molar-refractivity contribution is 6.29. The van der Waals surface area contributed by atoms with Gasteiger partial charge in [0.2, 0.25) is 0 Å². The first-order valence-corrected chi connectivity index (χ1v) is 5.41. The van der Waals surface area contributed by atoms with E-state index in [-0.39, 0.29) is 0 Å². The zero-order chi connectivity index (χ0) is 10.8. The van der Waals surface area contributed by atoms with Gasteiger partial charge < -0.3 is 5.32 Å². The van der Waals surface area contributed by atoms with Crippen LogP contribution in [-0.2, 0) is 0 Å². The van der Waals surface area contributed by atoms with Crippen LogP contribution in [0.5, 0.6) is 0 Å². The molecule has 1 aromatic heterocycles. The Hall–Kier alpha value is -1.27. The third-order valence-electron chi connectivity index (χ3n) is 2.63. The molecule has 1 heterocycles. The quantitative estimate of drug-likeness (QED) is 0.799. The van der Waals surface area contributed by atoms with Crippen LogP contribution in [0, 0.1) is 17.2 Å². The molecule has 0 aliphatic heterocycles. The number of aromatic nitrogens is 1. The molecule has 4 heteroatoms. The second-order valence-corrected chi connectivity index (χ2v) is 4.33. The average molecular weight is 222 g/mol. The van der Waals surface area contributed by atoms with E-state index in [2.05, 4.69) is 23.3 Å². The lowest BCUT2D eigenvalue weighted by Gasteiger charge is -2.13. The predicted molar refractivity (Wildman–Crippen MR) is 59.8 cm³/mol. The van der Waals surface area contributed by atoms with Gasteiger partial charge in [0.05, 0.1) is 11.6 Å². The second kappa shape index (κ2) is 4.08. The van der Waals surface area contributed by atoms with Crippen molar-refractivity contribution < 1.29 is 0 Å². The van der Waals surface area contributed by atoms with Gasteiger partial charge >= 0.3 is 0 Å². The molecule has 3 nitrogen and oxygen atoms in total. The Morgan fingerprint density at radius 1 is 1.60 bits per heavy atom. The number of rotatable bonds is 3. The average Bonchev–Trinajstić information content (AvgIpc) is 2.99. The van der Waals surface area contributed by atoms with Crippen LogP contribution < -0.4 is 5.32 Å². The van der Waals surface area contributed by atoms with Gasteiger partial charge in [-0.3, -0.25) is 0 Å². The van der Waals surface area contributed by atoms with Crippen LogP contribution in [-0.4, -0.2) is 11.0 Å². The number of pyridine rings is 1. The molecular weight excluding hydrogens is 210 g/mol. The van der Waals surface area contributed by atoms with E-state index in [1.54, 1.807) is 12.1 Å². The fraction of sp³-hybridized carbons (Fsp3) is 0.455. The summed E-state index contributed by atoms with van der Waals surface area (Å²) in [7, 11) is 0. The fourth-order valence-corrected chi connectivity index (χ4v) is 1.79. The van der Waals surface area contributed by atoms with E-state index >= 15 is 0 Å². The molecule has 1 saturated carbocycles. The van der Waals surface area contributed by atoms with Crippen molar-refractivity contribution in [1.82, 2.24) is 4.98 Å². The van der Waals surface area contributed by atoms with Crippen LogP contribution in [0.4, 0.5) is 5.82 Å². The summed E-state index contributed by atoms with van der Waals surface area (Å²) in [6.45, 7) is 2.13. The highest BCUT2D eigenvalue weighted by Crippen LogP contribution is 2.33. The molecule has 78 valence electrons. The summed E-state index contributed by atoms with van der Waals surface area (Å²) in [4.78, 5) is 4.14. The minimum absolute atomic E-state index is 0.361. The summed E-state index contributed by atoms with van der Waals surface area (Å²) in [5, 5.41) is 12.4. The maximum absolute atomic E-state index is 8.78. The van der Waals surface area contributed by atoms with Gasteiger partial charge in [0.1, 0.15) is 11.0 Å². The highest BCUT2D eigenvalue weighted by Gasteiger charge is 2.27. The lowest BCUT2D eigenvalue weighted by atomic mass is 10.2. The molecule has 2 rings (SSSR count). The normalized spacial score (nSPS) is 16.9. The summed E-state index contributed by atoms with van der Waals surface area (Å²) < 4.78 is 0. The fourth-order valence-electron chi connectivity index (χ4n) is 1.58. The molecule has 0 amide bonds. The van der Waals surface area contributed by atoms with E-state index in [0.29, 0.717) is 22.6 Å². The number of nitrogens with zero attached hydrogens (tertiary/aromatic N) is 2. The van der Waals surface area contributed by atoms with Crippen molar-refractivity contribution in [3.05, 3.63) is 22.8 Å². The Kier molecular flexibility index (Phi) is 2.79. The first-order chi connectivity index (χ1) is 7.19. The van der Waals surface area contributed by atoms with Gasteiger partial charge in [-0.25, -0.2) is 4.98 Å². The van der Waals surface area contributed by atoms with Crippen LogP contribution in [0.15, 0.2) is 12.1 Å². The van der Waals surface area contributed by atoms with E-state index in [4.69, 9.17) is 16.9 Å². The summed E-state index contributed by atoms with van der Waals surface area (Å²) in [6.07, 6.45) is 2.56. The molecule has 1 aromatic rings. The summed E-state index contributed by atoms with van der Waals surface area (Å²) in [5.74, 6) is 1.44.